The Morgan fingerprint density at radius 2 is 1.89 bits per heavy atom. The fourth-order valence-electron chi connectivity index (χ4n) is 2.42. The highest BCUT2D eigenvalue weighted by Gasteiger charge is 2.21. The van der Waals surface area contributed by atoms with E-state index in [1.54, 1.807) is 47.4 Å². The number of fused-ring (bicyclic) bond motifs is 1. The van der Waals surface area contributed by atoms with Gasteiger partial charge in [-0.15, -0.1) is 11.3 Å². The SMILES string of the molecule is COc1ccc(OC)c(S(=O)(=O)Nc2ccc3nc(SC(C)C)sc3c2)c1. The summed E-state index contributed by atoms with van der Waals surface area (Å²) in [4.78, 5) is 4.58. The molecular formula is C18H20N2O4S3. The standard InChI is InChI=1S/C18H20N2O4S3/c1-11(2)25-18-19-14-7-5-12(9-16(14)26-18)20-27(21,22)17-10-13(23-3)6-8-15(17)24-4/h5-11,20H,1-4H3. The molecule has 27 heavy (non-hydrogen) atoms. The van der Waals surface area contributed by atoms with Crippen LogP contribution in [-0.4, -0.2) is 32.9 Å². The van der Waals surface area contributed by atoms with E-state index < -0.39 is 10.0 Å². The number of ether oxygens (including phenoxy) is 2. The molecule has 1 heterocycles. The van der Waals surface area contributed by atoms with Gasteiger partial charge in [-0.25, -0.2) is 13.4 Å². The van der Waals surface area contributed by atoms with Gasteiger partial charge < -0.3 is 9.47 Å². The number of hydrogen-bond acceptors (Lipinski definition) is 7. The molecule has 0 saturated heterocycles. The first kappa shape index (κ1) is 19.8. The molecule has 3 aromatic rings. The summed E-state index contributed by atoms with van der Waals surface area (Å²) in [7, 11) is -0.935. The minimum Gasteiger partial charge on any atom is -0.497 e. The topological polar surface area (TPSA) is 77.5 Å². The summed E-state index contributed by atoms with van der Waals surface area (Å²) in [6.07, 6.45) is 0. The second-order valence-corrected chi connectivity index (χ2v) is 10.5. The Morgan fingerprint density at radius 1 is 1.11 bits per heavy atom. The van der Waals surface area contributed by atoms with Crippen molar-refractivity contribution in [3.05, 3.63) is 36.4 Å². The molecule has 0 spiro atoms. The van der Waals surface area contributed by atoms with E-state index in [9.17, 15) is 8.42 Å². The molecule has 0 radical (unpaired) electrons. The number of methoxy groups -OCH3 is 2. The van der Waals surface area contributed by atoms with Crippen LogP contribution >= 0.6 is 23.1 Å². The van der Waals surface area contributed by atoms with E-state index in [0.717, 1.165) is 14.6 Å². The Kier molecular flexibility index (Phi) is 5.83. The molecule has 0 amide bonds. The van der Waals surface area contributed by atoms with Gasteiger partial charge in [-0.1, -0.05) is 25.6 Å². The van der Waals surface area contributed by atoms with Gasteiger partial charge in [0.25, 0.3) is 10.0 Å². The molecule has 0 atom stereocenters. The van der Waals surface area contributed by atoms with E-state index in [1.165, 1.54) is 20.3 Å². The van der Waals surface area contributed by atoms with Gasteiger partial charge in [0.2, 0.25) is 0 Å². The van der Waals surface area contributed by atoms with Gasteiger partial charge in [-0.05, 0) is 30.3 Å². The number of nitrogens with one attached hydrogen (secondary N) is 1. The van der Waals surface area contributed by atoms with E-state index in [2.05, 4.69) is 23.6 Å². The highest BCUT2D eigenvalue weighted by molar-refractivity contribution is 8.01. The van der Waals surface area contributed by atoms with Crippen molar-refractivity contribution in [2.45, 2.75) is 28.3 Å². The van der Waals surface area contributed by atoms with Crippen molar-refractivity contribution in [1.82, 2.24) is 4.98 Å². The van der Waals surface area contributed by atoms with Crippen molar-refractivity contribution >= 4 is 49.0 Å². The summed E-state index contributed by atoms with van der Waals surface area (Å²) in [6.45, 7) is 4.22. The van der Waals surface area contributed by atoms with Crippen LogP contribution in [0.2, 0.25) is 0 Å². The largest absolute Gasteiger partial charge is 0.497 e. The van der Waals surface area contributed by atoms with Crippen LogP contribution in [0.4, 0.5) is 5.69 Å². The van der Waals surface area contributed by atoms with Crippen LogP contribution in [0.3, 0.4) is 0 Å². The molecule has 1 aromatic heterocycles. The third-order valence-corrected chi connectivity index (χ3v) is 7.14. The Labute approximate surface area is 167 Å². The number of nitrogens with zero attached hydrogens (tertiary/aromatic N) is 1. The van der Waals surface area contributed by atoms with Crippen molar-refractivity contribution in [2.24, 2.45) is 0 Å². The van der Waals surface area contributed by atoms with Crippen LogP contribution in [-0.2, 0) is 10.0 Å². The van der Waals surface area contributed by atoms with E-state index in [-0.39, 0.29) is 10.6 Å². The lowest BCUT2D eigenvalue weighted by atomic mass is 10.3. The quantitative estimate of drug-likeness (QED) is 0.558. The maximum atomic E-state index is 12.9. The Balaban J connectivity index is 1.94. The third-order valence-electron chi connectivity index (χ3n) is 3.62. The van der Waals surface area contributed by atoms with E-state index in [1.807, 2.05) is 6.07 Å². The Hall–Kier alpha value is -1.97. The summed E-state index contributed by atoms with van der Waals surface area (Å²) < 4.78 is 40.6. The Bertz CT molecular complexity index is 1060. The highest BCUT2D eigenvalue weighted by Crippen LogP contribution is 2.34. The molecule has 1 N–H and O–H groups in total. The molecule has 0 aliphatic carbocycles. The van der Waals surface area contributed by atoms with Crippen molar-refractivity contribution in [3.63, 3.8) is 0 Å². The number of thioether (sulfide) groups is 1. The molecule has 0 bridgehead atoms. The maximum absolute atomic E-state index is 12.9. The van der Waals surface area contributed by atoms with Crippen molar-refractivity contribution < 1.29 is 17.9 Å². The first-order chi connectivity index (χ1) is 12.8. The normalized spacial score (nSPS) is 11.7. The first-order valence-corrected chi connectivity index (χ1v) is 11.3. The van der Waals surface area contributed by atoms with Crippen LogP contribution in [0, 0.1) is 0 Å². The van der Waals surface area contributed by atoms with E-state index in [4.69, 9.17) is 9.47 Å². The zero-order valence-corrected chi connectivity index (χ0v) is 17.8. The monoisotopic (exact) mass is 424 g/mol. The molecule has 2 aromatic carbocycles. The first-order valence-electron chi connectivity index (χ1n) is 8.14. The van der Waals surface area contributed by atoms with Gasteiger partial charge in [0.1, 0.15) is 16.4 Å². The number of aromatic nitrogens is 1. The van der Waals surface area contributed by atoms with Gasteiger partial charge in [0, 0.05) is 11.3 Å². The molecule has 0 aliphatic rings. The molecule has 3 rings (SSSR count). The molecule has 0 aliphatic heterocycles. The minimum absolute atomic E-state index is 0.0183. The maximum Gasteiger partial charge on any atom is 0.265 e. The fourth-order valence-corrected chi connectivity index (χ4v) is 5.99. The van der Waals surface area contributed by atoms with Crippen LogP contribution < -0.4 is 14.2 Å². The number of thiazole rings is 1. The van der Waals surface area contributed by atoms with E-state index >= 15 is 0 Å². The molecular weight excluding hydrogens is 404 g/mol. The number of rotatable bonds is 7. The minimum atomic E-state index is -3.85. The molecule has 9 heteroatoms. The van der Waals surface area contributed by atoms with Crippen LogP contribution in [0.15, 0.2) is 45.6 Å². The lowest BCUT2D eigenvalue weighted by molar-refractivity contribution is 0.392. The third kappa shape index (κ3) is 4.48. The van der Waals surface area contributed by atoms with Crippen molar-refractivity contribution in [1.29, 1.82) is 0 Å². The number of sulfonamides is 1. The summed E-state index contributed by atoms with van der Waals surface area (Å²) in [5, 5.41) is 0.434. The average molecular weight is 425 g/mol. The molecule has 144 valence electrons. The van der Waals surface area contributed by atoms with E-state index in [0.29, 0.717) is 16.7 Å². The van der Waals surface area contributed by atoms with Gasteiger partial charge >= 0.3 is 0 Å². The van der Waals surface area contributed by atoms with Gasteiger partial charge in [0.05, 0.1) is 30.1 Å². The zero-order chi connectivity index (χ0) is 19.6. The summed E-state index contributed by atoms with van der Waals surface area (Å²) in [6, 6.07) is 9.96. The summed E-state index contributed by atoms with van der Waals surface area (Å²) in [5.41, 5.74) is 1.32. The second-order valence-electron chi connectivity index (χ2n) is 5.95. The average Bonchev–Trinajstić information content (AvgIpc) is 3.01. The van der Waals surface area contributed by atoms with Crippen LogP contribution in [0.25, 0.3) is 10.2 Å². The zero-order valence-electron chi connectivity index (χ0n) is 15.3. The van der Waals surface area contributed by atoms with Crippen LogP contribution in [0.1, 0.15) is 13.8 Å². The highest BCUT2D eigenvalue weighted by atomic mass is 32.2. The lowest BCUT2D eigenvalue weighted by Gasteiger charge is -2.12. The summed E-state index contributed by atoms with van der Waals surface area (Å²) in [5.74, 6) is 0.683. The van der Waals surface area contributed by atoms with Gasteiger partial charge in [0.15, 0.2) is 4.34 Å². The predicted molar refractivity (Wildman–Crippen MR) is 111 cm³/mol. The Morgan fingerprint density at radius 3 is 2.56 bits per heavy atom. The summed E-state index contributed by atoms with van der Waals surface area (Å²) >= 11 is 3.24. The molecule has 0 fully saturated rings. The van der Waals surface area contributed by atoms with Crippen molar-refractivity contribution in [2.75, 3.05) is 18.9 Å². The smallest absolute Gasteiger partial charge is 0.265 e. The van der Waals surface area contributed by atoms with Crippen LogP contribution in [0.5, 0.6) is 11.5 Å². The number of anilines is 1. The lowest BCUT2D eigenvalue weighted by Crippen LogP contribution is -2.14. The number of hydrogen-bond donors (Lipinski definition) is 1. The van der Waals surface area contributed by atoms with Gasteiger partial charge in [-0.2, -0.15) is 0 Å². The predicted octanol–water partition coefficient (Wildman–Crippen LogP) is 4.61. The molecule has 0 unspecified atom stereocenters. The molecule has 6 nitrogen and oxygen atoms in total. The van der Waals surface area contributed by atoms with Gasteiger partial charge in [-0.3, -0.25) is 4.72 Å². The van der Waals surface area contributed by atoms with Crippen molar-refractivity contribution in [3.8, 4) is 11.5 Å². The molecule has 0 saturated carbocycles. The number of benzene rings is 2. The second kappa shape index (κ2) is 7.95. The fraction of sp³-hybridized carbons (Fsp3) is 0.278.